The molecule has 1 amide bonds. The number of amides is 1. The molecule has 4 heteroatoms. The molecule has 2 aromatic carbocycles. The number of para-hydroxylation sites is 1. The lowest BCUT2D eigenvalue weighted by Gasteiger charge is -2.33. The molecule has 0 aliphatic carbocycles. The number of likely N-dealkylation sites (tertiary alicyclic amines) is 1. The predicted molar refractivity (Wildman–Crippen MR) is 105 cm³/mol. The van der Waals surface area contributed by atoms with Gasteiger partial charge in [-0.2, -0.15) is 0 Å². The molecule has 0 N–H and O–H groups in total. The van der Waals surface area contributed by atoms with Gasteiger partial charge in [0.2, 0.25) is 0 Å². The van der Waals surface area contributed by atoms with E-state index in [2.05, 4.69) is 23.1 Å². The van der Waals surface area contributed by atoms with E-state index in [0.29, 0.717) is 5.92 Å². The maximum absolute atomic E-state index is 12.6. The molecule has 0 bridgehead atoms. The molecule has 138 valence electrons. The lowest BCUT2D eigenvalue weighted by atomic mass is 9.96. The fraction of sp³-hybridized carbons (Fsp3) is 0.348. The third-order valence-electron chi connectivity index (χ3n) is 6.04. The molecule has 27 heavy (non-hydrogen) atoms. The predicted octanol–water partition coefficient (Wildman–Crippen LogP) is 4.30. The van der Waals surface area contributed by atoms with Crippen molar-refractivity contribution in [2.75, 3.05) is 19.6 Å². The van der Waals surface area contributed by atoms with Gasteiger partial charge in [-0.15, -0.1) is 0 Å². The van der Waals surface area contributed by atoms with Gasteiger partial charge in [-0.05, 0) is 49.5 Å². The highest BCUT2D eigenvalue weighted by molar-refractivity contribution is 5.98. The van der Waals surface area contributed by atoms with Crippen molar-refractivity contribution in [3.63, 3.8) is 0 Å². The van der Waals surface area contributed by atoms with Crippen molar-refractivity contribution in [3.8, 4) is 0 Å². The highest BCUT2D eigenvalue weighted by Gasteiger charge is 2.30. The van der Waals surface area contributed by atoms with E-state index in [4.69, 9.17) is 4.42 Å². The molecule has 5 rings (SSSR count). The second-order valence-corrected chi connectivity index (χ2v) is 7.82. The third kappa shape index (κ3) is 3.15. The minimum absolute atomic E-state index is 0.206. The van der Waals surface area contributed by atoms with E-state index in [1.165, 1.54) is 16.5 Å². The first kappa shape index (κ1) is 16.6. The summed E-state index contributed by atoms with van der Waals surface area (Å²) < 4.78 is 5.67. The number of hydrogen-bond donors (Lipinski definition) is 0. The van der Waals surface area contributed by atoms with E-state index in [1.54, 1.807) is 0 Å². The summed E-state index contributed by atoms with van der Waals surface area (Å²) in [6, 6.07) is 16.2. The average molecular weight is 360 g/mol. The number of carbonyl (C=O) groups excluding carboxylic acids is 1. The maximum Gasteiger partial charge on any atom is 0.254 e. The fourth-order valence-electron chi connectivity index (χ4n) is 4.50. The minimum Gasteiger partial charge on any atom is -0.464 e. The van der Waals surface area contributed by atoms with Crippen LogP contribution in [0.1, 0.15) is 34.3 Å². The Balaban J connectivity index is 1.17. The Hall–Kier alpha value is -2.59. The topological polar surface area (TPSA) is 36.7 Å². The normalized spacial score (nSPS) is 18.4. The van der Waals surface area contributed by atoms with E-state index in [1.807, 2.05) is 41.5 Å². The second-order valence-electron chi connectivity index (χ2n) is 7.82. The second kappa shape index (κ2) is 6.86. The van der Waals surface area contributed by atoms with Crippen LogP contribution in [-0.4, -0.2) is 35.3 Å². The maximum atomic E-state index is 12.6. The highest BCUT2D eigenvalue weighted by atomic mass is 16.3. The van der Waals surface area contributed by atoms with Crippen molar-refractivity contribution < 1.29 is 9.21 Å². The van der Waals surface area contributed by atoms with E-state index in [9.17, 15) is 4.79 Å². The smallest absolute Gasteiger partial charge is 0.254 e. The monoisotopic (exact) mass is 360 g/mol. The number of rotatable bonds is 4. The average Bonchev–Trinajstić information content (AvgIpc) is 3.25. The Morgan fingerprint density at radius 1 is 1.00 bits per heavy atom. The van der Waals surface area contributed by atoms with Gasteiger partial charge in [0.25, 0.3) is 5.91 Å². The Kier molecular flexibility index (Phi) is 4.21. The van der Waals surface area contributed by atoms with Gasteiger partial charge in [-0.1, -0.05) is 36.4 Å². The van der Waals surface area contributed by atoms with Crippen LogP contribution in [-0.2, 0) is 13.1 Å². The minimum atomic E-state index is 0.206. The summed E-state index contributed by atoms with van der Waals surface area (Å²) in [5, 5.41) is 1.22. The summed E-state index contributed by atoms with van der Waals surface area (Å²) in [6.07, 6.45) is 4.20. The van der Waals surface area contributed by atoms with Crippen LogP contribution in [0.5, 0.6) is 0 Å². The highest BCUT2D eigenvalue weighted by Crippen LogP contribution is 2.28. The van der Waals surface area contributed by atoms with E-state index in [-0.39, 0.29) is 5.91 Å². The molecule has 0 spiro atoms. The molecular weight excluding hydrogens is 336 g/mol. The van der Waals surface area contributed by atoms with Crippen LogP contribution in [0.15, 0.2) is 59.2 Å². The van der Waals surface area contributed by atoms with Crippen LogP contribution in [0, 0.1) is 5.92 Å². The molecule has 0 radical (unpaired) electrons. The zero-order valence-electron chi connectivity index (χ0n) is 15.4. The molecular formula is C23H24N2O2. The lowest BCUT2D eigenvalue weighted by molar-refractivity contribution is 0.0711. The van der Waals surface area contributed by atoms with Gasteiger partial charge < -0.3 is 9.32 Å². The Bertz CT molecular complexity index is 969. The fourth-order valence-corrected chi connectivity index (χ4v) is 4.50. The molecule has 1 aromatic heterocycles. The molecule has 3 aromatic rings. The van der Waals surface area contributed by atoms with Gasteiger partial charge in [0, 0.05) is 36.1 Å². The Labute approximate surface area is 159 Å². The van der Waals surface area contributed by atoms with Crippen LogP contribution in [0.4, 0.5) is 0 Å². The van der Waals surface area contributed by atoms with Crippen molar-refractivity contribution in [2.45, 2.75) is 25.9 Å². The van der Waals surface area contributed by atoms with Crippen molar-refractivity contribution in [1.29, 1.82) is 0 Å². The molecule has 2 aliphatic rings. The molecule has 0 saturated carbocycles. The molecule has 3 heterocycles. The first-order valence-corrected chi connectivity index (χ1v) is 9.82. The largest absolute Gasteiger partial charge is 0.464 e. The molecule has 1 fully saturated rings. The standard InChI is InChI=1S/C23H24N2O2/c26-23-21-7-2-1-5-18(21)15-25(23)13-17-9-11-24(12-10-17)14-19-16-27-22-8-4-3-6-20(19)22/h1-8,16-17H,9-15H2. The summed E-state index contributed by atoms with van der Waals surface area (Å²) in [6.45, 7) is 4.77. The SMILES string of the molecule is O=C1c2ccccc2CN1CC1CCN(Cc2coc3ccccc23)CC1. The van der Waals surface area contributed by atoms with Crippen molar-refractivity contribution in [3.05, 3.63) is 71.5 Å². The Morgan fingerprint density at radius 2 is 1.78 bits per heavy atom. The molecule has 2 aliphatic heterocycles. The number of fused-ring (bicyclic) bond motifs is 2. The van der Waals surface area contributed by atoms with E-state index < -0.39 is 0 Å². The Morgan fingerprint density at radius 3 is 2.63 bits per heavy atom. The molecule has 0 atom stereocenters. The number of nitrogens with zero attached hydrogens (tertiary/aromatic N) is 2. The van der Waals surface area contributed by atoms with Crippen molar-refractivity contribution in [2.24, 2.45) is 5.92 Å². The number of furan rings is 1. The van der Waals surface area contributed by atoms with Gasteiger partial charge in [0.05, 0.1) is 6.26 Å². The van der Waals surface area contributed by atoms with Crippen LogP contribution in [0.2, 0.25) is 0 Å². The van der Waals surface area contributed by atoms with Gasteiger partial charge in [-0.3, -0.25) is 9.69 Å². The van der Waals surface area contributed by atoms with Crippen LogP contribution < -0.4 is 0 Å². The first-order chi connectivity index (χ1) is 13.3. The van der Waals surface area contributed by atoms with Crippen molar-refractivity contribution in [1.82, 2.24) is 9.80 Å². The summed E-state index contributed by atoms with van der Waals surface area (Å²) in [4.78, 5) is 17.1. The lowest BCUT2D eigenvalue weighted by Crippen LogP contribution is -2.38. The third-order valence-corrected chi connectivity index (χ3v) is 6.04. The molecule has 1 saturated heterocycles. The van der Waals surface area contributed by atoms with E-state index in [0.717, 1.165) is 56.7 Å². The van der Waals surface area contributed by atoms with Gasteiger partial charge >= 0.3 is 0 Å². The molecule has 0 unspecified atom stereocenters. The van der Waals surface area contributed by atoms with Crippen LogP contribution in [0.25, 0.3) is 11.0 Å². The van der Waals surface area contributed by atoms with E-state index >= 15 is 0 Å². The van der Waals surface area contributed by atoms with Crippen molar-refractivity contribution >= 4 is 16.9 Å². The number of piperidine rings is 1. The summed E-state index contributed by atoms with van der Waals surface area (Å²) in [7, 11) is 0. The summed E-state index contributed by atoms with van der Waals surface area (Å²) in [5.74, 6) is 0.804. The number of benzene rings is 2. The van der Waals surface area contributed by atoms with Gasteiger partial charge in [0.15, 0.2) is 0 Å². The van der Waals surface area contributed by atoms with Gasteiger partial charge in [-0.25, -0.2) is 0 Å². The quantitative estimate of drug-likeness (QED) is 0.696. The molecule has 4 nitrogen and oxygen atoms in total. The first-order valence-electron chi connectivity index (χ1n) is 9.82. The zero-order valence-corrected chi connectivity index (χ0v) is 15.4. The van der Waals surface area contributed by atoms with Crippen LogP contribution >= 0.6 is 0 Å². The number of carbonyl (C=O) groups is 1. The van der Waals surface area contributed by atoms with Gasteiger partial charge in [0.1, 0.15) is 5.58 Å². The summed E-state index contributed by atoms with van der Waals surface area (Å²) >= 11 is 0. The summed E-state index contributed by atoms with van der Waals surface area (Å²) in [5.41, 5.74) is 4.30. The number of hydrogen-bond acceptors (Lipinski definition) is 3. The van der Waals surface area contributed by atoms with Crippen LogP contribution in [0.3, 0.4) is 0 Å². The zero-order chi connectivity index (χ0) is 18.2.